The zero-order valence-electron chi connectivity index (χ0n) is 13.1. The van der Waals surface area contributed by atoms with Crippen LogP contribution in [0.25, 0.3) is 0 Å². The van der Waals surface area contributed by atoms with Crippen molar-refractivity contribution in [3.63, 3.8) is 0 Å². The summed E-state index contributed by atoms with van der Waals surface area (Å²) < 4.78 is 0. The van der Waals surface area contributed by atoms with E-state index in [2.05, 4.69) is 37.8 Å². The molecule has 0 bridgehead atoms. The van der Waals surface area contributed by atoms with E-state index in [1.54, 1.807) is 0 Å². The van der Waals surface area contributed by atoms with Crippen LogP contribution in [-0.2, 0) is 18.7 Å². The van der Waals surface area contributed by atoms with Gasteiger partial charge in [0, 0.05) is 22.4 Å². The van der Waals surface area contributed by atoms with Gasteiger partial charge in [0.15, 0.2) is 0 Å². The van der Waals surface area contributed by atoms with E-state index < -0.39 is 0 Å². The van der Waals surface area contributed by atoms with Gasteiger partial charge < -0.3 is 5.32 Å². The van der Waals surface area contributed by atoms with E-state index in [1.807, 2.05) is 11.3 Å². The fraction of sp³-hybridized carbons (Fsp3) is 0.812. The summed E-state index contributed by atoms with van der Waals surface area (Å²) in [6.45, 7) is 8.75. The van der Waals surface area contributed by atoms with E-state index in [9.17, 15) is 0 Å². The van der Waals surface area contributed by atoms with Gasteiger partial charge in [0.1, 0.15) is 5.01 Å². The monoisotopic (exact) mass is 312 g/mol. The third-order valence-electron chi connectivity index (χ3n) is 3.70. The number of rotatable bonds is 8. The third-order valence-corrected chi connectivity index (χ3v) is 6.37. The number of aromatic nitrogens is 1. The smallest absolute Gasteiger partial charge is 0.103 e. The third kappa shape index (κ3) is 5.05. The van der Waals surface area contributed by atoms with Crippen molar-refractivity contribution in [1.82, 2.24) is 10.3 Å². The summed E-state index contributed by atoms with van der Waals surface area (Å²) in [6, 6.07) is 0. The summed E-state index contributed by atoms with van der Waals surface area (Å²) in [5.41, 5.74) is 1.34. The van der Waals surface area contributed by atoms with Gasteiger partial charge in [0.2, 0.25) is 0 Å². The van der Waals surface area contributed by atoms with Gasteiger partial charge in [-0.2, -0.15) is 11.8 Å². The van der Waals surface area contributed by atoms with Gasteiger partial charge in [0.05, 0.1) is 5.69 Å². The van der Waals surface area contributed by atoms with E-state index in [4.69, 9.17) is 4.98 Å². The largest absolute Gasteiger partial charge is 0.312 e. The highest BCUT2D eigenvalue weighted by molar-refractivity contribution is 7.99. The molecule has 1 aliphatic rings. The summed E-state index contributed by atoms with van der Waals surface area (Å²) in [5.74, 6) is 1.81. The van der Waals surface area contributed by atoms with Crippen LogP contribution in [0.3, 0.4) is 0 Å². The molecule has 1 aliphatic carbocycles. The minimum atomic E-state index is 0.688. The summed E-state index contributed by atoms with van der Waals surface area (Å²) in [5, 5.41) is 5.68. The highest BCUT2D eigenvalue weighted by atomic mass is 32.2. The molecule has 0 radical (unpaired) electrons. The van der Waals surface area contributed by atoms with Crippen molar-refractivity contribution in [2.24, 2.45) is 5.92 Å². The molecule has 4 heteroatoms. The molecule has 0 aromatic carbocycles. The van der Waals surface area contributed by atoms with Crippen LogP contribution in [0.5, 0.6) is 0 Å². The lowest BCUT2D eigenvalue weighted by molar-refractivity contribution is 0.626. The van der Waals surface area contributed by atoms with Crippen LogP contribution in [0.1, 0.15) is 62.0 Å². The fourth-order valence-corrected chi connectivity index (χ4v) is 5.08. The zero-order chi connectivity index (χ0) is 14.4. The first-order chi connectivity index (χ1) is 9.69. The van der Waals surface area contributed by atoms with Gasteiger partial charge in [-0.1, -0.05) is 33.6 Å². The standard InChI is InChI=1S/C16H28N2S2/c1-4-17-10-15-14(9-12(2)3)18-16(20-15)11-19-13-7-5-6-8-13/h12-13,17H,4-11H2,1-3H3. The minimum absolute atomic E-state index is 0.688. The molecule has 20 heavy (non-hydrogen) atoms. The van der Waals surface area contributed by atoms with E-state index >= 15 is 0 Å². The molecule has 2 nitrogen and oxygen atoms in total. The molecule has 2 rings (SSSR count). The van der Waals surface area contributed by atoms with E-state index in [1.165, 1.54) is 41.3 Å². The second kappa shape index (κ2) is 8.40. The van der Waals surface area contributed by atoms with Crippen molar-refractivity contribution in [3.05, 3.63) is 15.6 Å². The Kier molecular flexibility index (Phi) is 6.85. The molecule has 0 aliphatic heterocycles. The Labute approximate surface area is 132 Å². The molecule has 0 unspecified atom stereocenters. The zero-order valence-corrected chi connectivity index (χ0v) is 14.7. The molecular formula is C16H28N2S2. The Morgan fingerprint density at radius 2 is 2.10 bits per heavy atom. The molecule has 0 atom stereocenters. The number of hydrogen-bond acceptors (Lipinski definition) is 4. The Morgan fingerprint density at radius 3 is 2.75 bits per heavy atom. The summed E-state index contributed by atoms with van der Waals surface area (Å²) in [7, 11) is 0. The van der Waals surface area contributed by atoms with Gasteiger partial charge in [0.25, 0.3) is 0 Å². The maximum atomic E-state index is 4.92. The topological polar surface area (TPSA) is 24.9 Å². The molecular weight excluding hydrogens is 284 g/mol. The lowest BCUT2D eigenvalue weighted by Gasteiger charge is -2.06. The number of nitrogens with one attached hydrogen (secondary N) is 1. The van der Waals surface area contributed by atoms with Gasteiger partial charge in [-0.3, -0.25) is 0 Å². The lowest BCUT2D eigenvalue weighted by atomic mass is 10.1. The number of thioether (sulfide) groups is 1. The Balaban J connectivity index is 1.94. The van der Waals surface area contributed by atoms with E-state index in [0.717, 1.165) is 30.5 Å². The van der Waals surface area contributed by atoms with Crippen LogP contribution >= 0.6 is 23.1 Å². The van der Waals surface area contributed by atoms with Gasteiger partial charge in [-0.25, -0.2) is 4.98 Å². The van der Waals surface area contributed by atoms with Crippen LogP contribution in [0.2, 0.25) is 0 Å². The molecule has 1 aromatic heterocycles. The van der Waals surface area contributed by atoms with Gasteiger partial charge >= 0.3 is 0 Å². The van der Waals surface area contributed by atoms with Crippen LogP contribution < -0.4 is 5.32 Å². The minimum Gasteiger partial charge on any atom is -0.312 e. The predicted octanol–water partition coefficient (Wildman–Crippen LogP) is 4.63. The van der Waals surface area contributed by atoms with Crippen LogP contribution in [0.15, 0.2) is 0 Å². The van der Waals surface area contributed by atoms with Gasteiger partial charge in [-0.05, 0) is 31.7 Å². The van der Waals surface area contributed by atoms with Crippen molar-refractivity contribution in [2.45, 2.75) is 70.4 Å². The molecule has 1 heterocycles. The number of thiazole rings is 1. The van der Waals surface area contributed by atoms with Crippen LogP contribution in [0, 0.1) is 5.92 Å². The Bertz CT molecular complexity index is 395. The Morgan fingerprint density at radius 1 is 1.35 bits per heavy atom. The van der Waals surface area contributed by atoms with Crippen molar-refractivity contribution >= 4 is 23.1 Å². The Hall–Kier alpha value is -0.0600. The maximum Gasteiger partial charge on any atom is 0.103 e. The second-order valence-corrected chi connectivity index (χ2v) is 8.53. The molecule has 0 spiro atoms. The summed E-state index contributed by atoms with van der Waals surface area (Å²) in [4.78, 5) is 6.38. The van der Waals surface area contributed by atoms with E-state index in [-0.39, 0.29) is 0 Å². The first-order valence-corrected chi connectivity index (χ1v) is 9.85. The van der Waals surface area contributed by atoms with Crippen molar-refractivity contribution < 1.29 is 0 Å². The quantitative estimate of drug-likeness (QED) is 0.757. The highest BCUT2D eigenvalue weighted by Gasteiger charge is 2.17. The van der Waals surface area contributed by atoms with E-state index in [0.29, 0.717) is 5.92 Å². The second-order valence-electron chi connectivity index (χ2n) is 6.07. The van der Waals surface area contributed by atoms with Crippen molar-refractivity contribution in [2.75, 3.05) is 6.54 Å². The molecule has 1 fully saturated rings. The summed E-state index contributed by atoms with van der Waals surface area (Å²) in [6.07, 6.45) is 6.81. The molecule has 114 valence electrons. The average Bonchev–Trinajstić information content (AvgIpc) is 3.03. The first-order valence-electron chi connectivity index (χ1n) is 7.98. The fourth-order valence-electron chi connectivity index (χ4n) is 2.67. The first kappa shape index (κ1) is 16.3. The molecule has 0 saturated heterocycles. The SMILES string of the molecule is CCNCc1sc(CSC2CCCC2)nc1CC(C)C. The van der Waals surface area contributed by atoms with Crippen molar-refractivity contribution in [1.29, 1.82) is 0 Å². The van der Waals surface area contributed by atoms with Gasteiger partial charge in [-0.15, -0.1) is 11.3 Å². The molecule has 0 amide bonds. The van der Waals surface area contributed by atoms with Crippen LogP contribution in [0.4, 0.5) is 0 Å². The summed E-state index contributed by atoms with van der Waals surface area (Å²) >= 11 is 4.06. The van der Waals surface area contributed by atoms with Crippen LogP contribution in [-0.4, -0.2) is 16.8 Å². The lowest BCUT2D eigenvalue weighted by Crippen LogP contribution is -2.12. The van der Waals surface area contributed by atoms with Crippen molar-refractivity contribution in [3.8, 4) is 0 Å². The molecule has 1 saturated carbocycles. The molecule has 1 N–H and O–H groups in total. The molecule has 1 aromatic rings. The average molecular weight is 313 g/mol. The number of nitrogens with zero attached hydrogens (tertiary/aromatic N) is 1. The normalized spacial score (nSPS) is 16.4. The predicted molar refractivity (Wildman–Crippen MR) is 91.6 cm³/mol. The highest BCUT2D eigenvalue weighted by Crippen LogP contribution is 2.33. The number of hydrogen-bond donors (Lipinski definition) is 1. The maximum absolute atomic E-state index is 4.92.